The smallest absolute Gasteiger partial charge is 0.279 e. The lowest BCUT2D eigenvalue weighted by atomic mass is 9.95. The topological polar surface area (TPSA) is 58.6 Å². The van der Waals surface area contributed by atoms with Crippen molar-refractivity contribution < 1.29 is 13.2 Å². The van der Waals surface area contributed by atoms with E-state index in [9.17, 15) is 8.42 Å². The van der Waals surface area contributed by atoms with E-state index >= 15 is 0 Å². The first-order valence-electron chi connectivity index (χ1n) is 6.43. The molecule has 2 rings (SSSR count). The molecule has 1 aliphatic rings. The van der Waals surface area contributed by atoms with Gasteiger partial charge in [-0.25, -0.2) is 4.72 Å². The summed E-state index contributed by atoms with van der Waals surface area (Å²) in [6.07, 6.45) is 0.710. The molecular formula is C13H20N2O3S. The van der Waals surface area contributed by atoms with Crippen LogP contribution in [-0.2, 0) is 16.6 Å². The third kappa shape index (κ3) is 2.75. The highest BCUT2D eigenvalue weighted by molar-refractivity contribution is 7.87. The molecule has 0 radical (unpaired) electrons. The number of rotatable bonds is 4. The Morgan fingerprint density at radius 2 is 2.21 bits per heavy atom. The van der Waals surface area contributed by atoms with E-state index in [2.05, 4.69) is 4.72 Å². The number of hydrogen-bond donors (Lipinski definition) is 1. The minimum absolute atomic E-state index is 0.154. The van der Waals surface area contributed by atoms with Gasteiger partial charge < -0.3 is 4.74 Å². The number of hydrogen-bond acceptors (Lipinski definition) is 3. The molecule has 1 aromatic rings. The molecule has 1 aromatic carbocycles. The van der Waals surface area contributed by atoms with Gasteiger partial charge in [0.15, 0.2) is 0 Å². The maximum Gasteiger partial charge on any atom is 0.279 e. The molecule has 0 amide bonds. The van der Waals surface area contributed by atoms with Gasteiger partial charge in [-0.1, -0.05) is 13.0 Å². The van der Waals surface area contributed by atoms with Gasteiger partial charge >= 0.3 is 0 Å². The van der Waals surface area contributed by atoms with E-state index in [0.717, 1.165) is 16.9 Å². The summed E-state index contributed by atoms with van der Waals surface area (Å²) in [7, 11) is -1.75. The average molecular weight is 284 g/mol. The zero-order valence-electron chi connectivity index (χ0n) is 11.5. The SMILES string of the molecule is CCNS(=O)(=O)N1CCc2cc(OC)ccc2C1C. The molecule has 6 heteroatoms. The summed E-state index contributed by atoms with van der Waals surface area (Å²) in [4.78, 5) is 0. The van der Waals surface area contributed by atoms with Crippen molar-refractivity contribution in [3.8, 4) is 5.75 Å². The van der Waals surface area contributed by atoms with Gasteiger partial charge in [-0.05, 0) is 36.6 Å². The first-order chi connectivity index (χ1) is 8.99. The van der Waals surface area contributed by atoms with Crippen LogP contribution in [0.5, 0.6) is 5.75 Å². The lowest BCUT2D eigenvalue weighted by Crippen LogP contribution is -2.45. The minimum Gasteiger partial charge on any atom is -0.497 e. The summed E-state index contributed by atoms with van der Waals surface area (Å²) in [5.41, 5.74) is 2.21. The Balaban J connectivity index is 2.32. The average Bonchev–Trinajstić information content (AvgIpc) is 2.38. The minimum atomic E-state index is -3.39. The zero-order valence-corrected chi connectivity index (χ0v) is 12.3. The molecule has 5 nitrogen and oxygen atoms in total. The maximum absolute atomic E-state index is 12.1. The highest BCUT2D eigenvalue weighted by atomic mass is 32.2. The Labute approximate surface area is 114 Å². The van der Waals surface area contributed by atoms with Gasteiger partial charge in [0.05, 0.1) is 7.11 Å². The van der Waals surface area contributed by atoms with Crippen LogP contribution in [0.15, 0.2) is 18.2 Å². The lowest BCUT2D eigenvalue weighted by Gasteiger charge is -2.34. The van der Waals surface area contributed by atoms with Crippen molar-refractivity contribution in [1.82, 2.24) is 9.03 Å². The van der Waals surface area contributed by atoms with Gasteiger partial charge in [0.25, 0.3) is 10.2 Å². The van der Waals surface area contributed by atoms with Crippen molar-refractivity contribution in [3.63, 3.8) is 0 Å². The predicted molar refractivity (Wildman–Crippen MR) is 74.4 cm³/mol. The third-order valence-corrected chi connectivity index (χ3v) is 5.24. The summed E-state index contributed by atoms with van der Waals surface area (Å²) in [5.74, 6) is 0.814. The Morgan fingerprint density at radius 3 is 2.84 bits per heavy atom. The standard InChI is InChI=1S/C13H20N2O3S/c1-4-14-19(16,17)15-8-7-11-9-12(18-3)5-6-13(11)10(15)2/h5-6,9-10,14H,4,7-8H2,1-3H3. The lowest BCUT2D eigenvalue weighted by molar-refractivity contribution is 0.321. The summed E-state index contributed by atoms with van der Waals surface area (Å²) in [6.45, 7) is 4.60. The molecule has 1 N–H and O–H groups in total. The van der Waals surface area contributed by atoms with E-state index in [1.807, 2.05) is 25.1 Å². The number of benzene rings is 1. The van der Waals surface area contributed by atoms with Gasteiger partial charge in [0.1, 0.15) is 5.75 Å². The van der Waals surface area contributed by atoms with Crippen LogP contribution in [0.25, 0.3) is 0 Å². The summed E-state index contributed by atoms with van der Waals surface area (Å²) < 4.78 is 33.5. The molecule has 106 valence electrons. The predicted octanol–water partition coefficient (Wildman–Crippen LogP) is 1.47. The van der Waals surface area contributed by atoms with Crippen LogP contribution in [0.3, 0.4) is 0 Å². The number of nitrogens with zero attached hydrogens (tertiary/aromatic N) is 1. The Morgan fingerprint density at radius 1 is 1.47 bits per heavy atom. The van der Waals surface area contributed by atoms with Gasteiger partial charge in [0, 0.05) is 19.1 Å². The fraction of sp³-hybridized carbons (Fsp3) is 0.538. The van der Waals surface area contributed by atoms with Crippen molar-refractivity contribution in [1.29, 1.82) is 0 Å². The van der Waals surface area contributed by atoms with Crippen LogP contribution < -0.4 is 9.46 Å². The molecule has 0 aliphatic carbocycles. The van der Waals surface area contributed by atoms with Gasteiger partial charge in [-0.2, -0.15) is 12.7 Å². The normalized spacial score (nSPS) is 20.1. The summed E-state index contributed by atoms with van der Waals surface area (Å²) in [6, 6.07) is 5.66. The number of fused-ring (bicyclic) bond motifs is 1. The van der Waals surface area contributed by atoms with Crippen molar-refractivity contribution in [2.24, 2.45) is 0 Å². The molecule has 0 saturated heterocycles. The van der Waals surface area contributed by atoms with Crippen LogP contribution in [0.2, 0.25) is 0 Å². The molecule has 1 heterocycles. The van der Waals surface area contributed by atoms with Gasteiger partial charge in [0.2, 0.25) is 0 Å². The van der Waals surface area contributed by atoms with E-state index < -0.39 is 10.2 Å². The van der Waals surface area contributed by atoms with E-state index in [-0.39, 0.29) is 6.04 Å². The van der Waals surface area contributed by atoms with Crippen molar-refractivity contribution in [3.05, 3.63) is 29.3 Å². The van der Waals surface area contributed by atoms with Crippen LogP contribution in [0.1, 0.15) is 31.0 Å². The van der Waals surface area contributed by atoms with E-state index in [1.54, 1.807) is 14.0 Å². The largest absolute Gasteiger partial charge is 0.497 e. The molecular weight excluding hydrogens is 264 g/mol. The molecule has 1 aliphatic heterocycles. The molecule has 1 unspecified atom stereocenters. The van der Waals surface area contributed by atoms with Crippen molar-refractivity contribution in [2.45, 2.75) is 26.3 Å². The number of nitrogens with one attached hydrogen (secondary N) is 1. The van der Waals surface area contributed by atoms with Gasteiger partial charge in [-0.3, -0.25) is 0 Å². The fourth-order valence-corrected chi connectivity index (χ4v) is 3.90. The molecule has 1 atom stereocenters. The van der Waals surface area contributed by atoms with E-state index in [1.165, 1.54) is 4.31 Å². The number of methoxy groups -OCH3 is 1. The molecule has 0 saturated carbocycles. The quantitative estimate of drug-likeness (QED) is 0.911. The van der Waals surface area contributed by atoms with E-state index in [4.69, 9.17) is 4.74 Å². The number of ether oxygens (including phenoxy) is 1. The van der Waals surface area contributed by atoms with E-state index in [0.29, 0.717) is 19.5 Å². The molecule has 19 heavy (non-hydrogen) atoms. The third-order valence-electron chi connectivity index (χ3n) is 3.47. The van der Waals surface area contributed by atoms with Crippen LogP contribution >= 0.6 is 0 Å². The molecule has 0 spiro atoms. The first-order valence-corrected chi connectivity index (χ1v) is 7.87. The Bertz CT molecular complexity index is 557. The second-order valence-corrected chi connectivity index (χ2v) is 6.31. The first kappa shape index (κ1) is 14.3. The van der Waals surface area contributed by atoms with Crippen molar-refractivity contribution >= 4 is 10.2 Å². The molecule has 0 fully saturated rings. The second kappa shape index (κ2) is 5.48. The highest BCUT2D eigenvalue weighted by Gasteiger charge is 2.32. The summed E-state index contributed by atoms with van der Waals surface area (Å²) >= 11 is 0. The summed E-state index contributed by atoms with van der Waals surface area (Å²) in [5, 5.41) is 0. The Hall–Kier alpha value is -1.11. The van der Waals surface area contributed by atoms with Gasteiger partial charge in [-0.15, -0.1) is 0 Å². The van der Waals surface area contributed by atoms with Crippen molar-refractivity contribution in [2.75, 3.05) is 20.2 Å². The zero-order chi connectivity index (χ0) is 14.0. The fourth-order valence-electron chi connectivity index (χ4n) is 2.51. The van der Waals surface area contributed by atoms with Crippen LogP contribution in [-0.4, -0.2) is 32.9 Å². The second-order valence-electron chi connectivity index (χ2n) is 4.60. The molecule has 0 aromatic heterocycles. The highest BCUT2D eigenvalue weighted by Crippen LogP contribution is 2.32. The van der Waals surface area contributed by atoms with Crippen LogP contribution in [0, 0.1) is 0 Å². The molecule has 0 bridgehead atoms. The monoisotopic (exact) mass is 284 g/mol. The maximum atomic E-state index is 12.1. The van der Waals surface area contributed by atoms with Crippen LogP contribution in [0.4, 0.5) is 0 Å². The Kier molecular flexibility index (Phi) is 4.13.